The maximum absolute atomic E-state index is 13.7. The molecule has 0 aliphatic carbocycles. The fraction of sp³-hybridized carbons (Fsp3) is 0.400. The highest BCUT2D eigenvalue weighted by Gasteiger charge is 2.13. The predicted octanol–water partition coefficient (Wildman–Crippen LogP) is 1.15. The van der Waals surface area contributed by atoms with Crippen LogP contribution in [0.3, 0.4) is 0 Å². The molecule has 10 heteroatoms. The second-order valence-corrected chi connectivity index (χ2v) is 7.47. The zero-order chi connectivity index (χ0) is 18.6. The molecule has 1 aromatic heterocycles. The van der Waals surface area contributed by atoms with Crippen molar-refractivity contribution < 1.29 is 22.0 Å². The first-order valence-electron chi connectivity index (χ1n) is 7.60. The molecule has 0 aliphatic heterocycles. The number of nitrogens with one attached hydrogen (secondary N) is 4. The normalized spacial score (nSPS) is 11.7. The van der Waals surface area contributed by atoms with Crippen LogP contribution in [0.2, 0.25) is 0 Å². The zero-order valence-electron chi connectivity index (χ0n) is 13.9. The van der Waals surface area contributed by atoms with E-state index in [1.807, 2.05) is 0 Å². The number of aromatic amines is 1. The Morgan fingerprint density at radius 1 is 1.16 bits per heavy atom. The van der Waals surface area contributed by atoms with Crippen molar-refractivity contribution in [3.63, 3.8) is 0 Å². The first kappa shape index (κ1) is 19.1. The van der Waals surface area contributed by atoms with Gasteiger partial charge in [-0.3, -0.25) is 0 Å². The molecule has 0 saturated heterocycles. The van der Waals surface area contributed by atoms with Gasteiger partial charge >= 0.3 is 6.03 Å². The fourth-order valence-corrected chi connectivity index (χ4v) is 2.97. The minimum Gasteiger partial charge on any atom is -0.356 e. The van der Waals surface area contributed by atoms with Crippen molar-refractivity contribution in [3.05, 3.63) is 35.0 Å². The molecular weight excluding hydrogens is 354 g/mol. The van der Waals surface area contributed by atoms with Gasteiger partial charge in [-0.05, 0) is 25.0 Å². The summed E-state index contributed by atoms with van der Waals surface area (Å²) in [5, 5.41) is 5.56. The number of carbonyl (C=O) groups excluding carboxylic acids is 1. The number of amides is 2. The summed E-state index contributed by atoms with van der Waals surface area (Å²) in [6.07, 6.45) is 1.42. The van der Waals surface area contributed by atoms with E-state index >= 15 is 0 Å². The number of H-pyrrole nitrogens is 1. The number of sulfonamides is 1. The smallest absolute Gasteiger partial charge is 0.314 e. The summed E-state index contributed by atoms with van der Waals surface area (Å²) in [5.41, 5.74) is 1.68. The molecule has 7 nitrogen and oxygen atoms in total. The van der Waals surface area contributed by atoms with Gasteiger partial charge in [0.15, 0.2) is 0 Å². The van der Waals surface area contributed by atoms with Crippen molar-refractivity contribution in [2.24, 2.45) is 0 Å². The van der Waals surface area contributed by atoms with Crippen LogP contribution in [-0.4, -0.2) is 45.3 Å². The Balaban J connectivity index is 1.87. The summed E-state index contributed by atoms with van der Waals surface area (Å²) in [6, 6.07) is 1.62. The van der Waals surface area contributed by atoms with Gasteiger partial charge in [-0.15, -0.1) is 0 Å². The summed E-state index contributed by atoms with van der Waals surface area (Å²) in [4.78, 5) is 14.5. The summed E-state index contributed by atoms with van der Waals surface area (Å²) >= 11 is 0. The van der Waals surface area contributed by atoms with E-state index < -0.39 is 27.7 Å². The minimum atomic E-state index is -3.29. The van der Waals surface area contributed by atoms with Gasteiger partial charge in [-0.25, -0.2) is 26.7 Å². The van der Waals surface area contributed by atoms with Gasteiger partial charge in [-0.2, -0.15) is 0 Å². The monoisotopic (exact) mass is 374 g/mol. The molecule has 0 unspecified atom stereocenters. The Labute approximate surface area is 144 Å². The van der Waals surface area contributed by atoms with E-state index in [4.69, 9.17) is 0 Å². The molecule has 1 heterocycles. The van der Waals surface area contributed by atoms with Crippen LogP contribution in [0.15, 0.2) is 12.1 Å². The number of aryl methyl sites for hydroxylation is 1. The number of rotatable bonds is 7. The van der Waals surface area contributed by atoms with Crippen LogP contribution in [0.25, 0.3) is 10.9 Å². The van der Waals surface area contributed by atoms with Crippen LogP contribution in [0.4, 0.5) is 13.6 Å². The molecule has 138 valence electrons. The van der Waals surface area contributed by atoms with E-state index in [2.05, 4.69) is 20.3 Å². The number of fused-ring (bicyclic) bond motifs is 1. The summed E-state index contributed by atoms with van der Waals surface area (Å²) in [7, 11) is -3.29. The molecule has 1 aromatic carbocycles. The largest absolute Gasteiger partial charge is 0.356 e. The summed E-state index contributed by atoms with van der Waals surface area (Å²) < 4.78 is 51.1. The van der Waals surface area contributed by atoms with Crippen molar-refractivity contribution >= 4 is 27.0 Å². The number of carbonyl (C=O) groups is 1. The van der Waals surface area contributed by atoms with Crippen LogP contribution < -0.4 is 15.4 Å². The predicted molar refractivity (Wildman–Crippen MR) is 90.9 cm³/mol. The highest BCUT2D eigenvalue weighted by atomic mass is 32.2. The number of benzene rings is 1. The van der Waals surface area contributed by atoms with Gasteiger partial charge in [0.1, 0.15) is 11.6 Å². The van der Waals surface area contributed by atoms with Crippen molar-refractivity contribution in [3.8, 4) is 0 Å². The molecule has 25 heavy (non-hydrogen) atoms. The van der Waals surface area contributed by atoms with Crippen molar-refractivity contribution in [2.75, 3.05) is 25.9 Å². The Morgan fingerprint density at radius 2 is 1.84 bits per heavy atom. The Kier molecular flexibility index (Phi) is 5.96. The van der Waals surface area contributed by atoms with Gasteiger partial charge < -0.3 is 15.6 Å². The number of hydrogen-bond donors (Lipinski definition) is 4. The van der Waals surface area contributed by atoms with Crippen LogP contribution in [0.5, 0.6) is 0 Å². The minimum absolute atomic E-state index is 0.0896. The lowest BCUT2D eigenvalue weighted by atomic mass is 10.1. The van der Waals surface area contributed by atoms with Gasteiger partial charge in [0, 0.05) is 36.8 Å². The second-order valence-electron chi connectivity index (χ2n) is 5.64. The molecule has 0 aliphatic rings. The van der Waals surface area contributed by atoms with Crippen LogP contribution in [0.1, 0.15) is 11.3 Å². The molecular formula is C15H20F2N4O3S. The topological polar surface area (TPSA) is 103 Å². The number of urea groups is 1. The maximum atomic E-state index is 13.7. The van der Waals surface area contributed by atoms with Gasteiger partial charge in [0.2, 0.25) is 10.0 Å². The Hall–Kier alpha value is -2.20. The standard InChI is InChI=1S/C15H20F2N4O3S/c1-9-11(12-7-10(16)8-13(17)14(12)21-9)3-4-18-15(22)19-5-6-20-25(2,23)24/h7-8,20-21H,3-6H2,1-2H3,(H2,18,19,22). The molecule has 0 atom stereocenters. The van der Waals surface area contributed by atoms with E-state index in [1.165, 1.54) is 6.07 Å². The van der Waals surface area contributed by atoms with Crippen molar-refractivity contribution in [1.29, 1.82) is 0 Å². The number of halogens is 2. The molecule has 2 amide bonds. The average Bonchev–Trinajstić information content (AvgIpc) is 2.80. The van der Waals surface area contributed by atoms with Gasteiger partial charge in [0.05, 0.1) is 11.8 Å². The molecule has 4 N–H and O–H groups in total. The van der Waals surface area contributed by atoms with Crippen molar-refractivity contribution in [2.45, 2.75) is 13.3 Å². The molecule has 0 radical (unpaired) electrons. The lowest BCUT2D eigenvalue weighted by Gasteiger charge is -2.08. The quantitative estimate of drug-likeness (QED) is 0.547. The zero-order valence-corrected chi connectivity index (χ0v) is 14.7. The first-order chi connectivity index (χ1) is 11.7. The van der Waals surface area contributed by atoms with Crippen LogP contribution in [-0.2, 0) is 16.4 Å². The van der Waals surface area contributed by atoms with Crippen LogP contribution in [0, 0.1) is 18.6 Å². The number of hydrogen-bond acceptors (Lipinski definition) is 3. The number of aromatic nitrogens is 1. The molecule has 0 saturated carbocycles. The lowest BCUT2D eigenvalue weighted by molar-refractivity contribution is 0.241. The third kappa shape index (κ3) is 5.40. The van der Waals surface area contributed by atoms with Crippen LogP contribution >= 0.6 is 0 Å². The maximum Gasteiger partial charge on any atom is 0.314 e. The van der Waals surface area contributed by atoms with Gasteiger partial charge in [-0.1, -0.05) is 0 Å². The Bertz CT molecular complexity index is 881. The first-order valence-corrected chi connectivity index (χ1v) is 9.49. The highest BCUT2D eigenvalue weighted by molar-refractivity contribution is 7.88. The highest BCUT2D eigenvalue weighted by Crippen LogP contribution is 2.25. The molecule has 2 aromatic rings. The summed E-state index contributed by atoms with van der Waals surface area (Å²) in [6.45, 7) is 2.24. The second kappa shape index (κ2) is 7.79. The van der Waals surface area contributed by atoms with E-state index in [1.54, 1.807) is 6.92 Å². The Morgan fingerprint density at radius 3 is 2.52 bits per heavy atom. The SMILES string of the molecule is Cc1[nH]c2c(F)cc(F)cc2c1CCNC(=O)NCCNS(C)(=O)=O. The van der Waals surface area contributed by atoms with E-state index in [9.17, 15) is 22.0 Å². The van der Waals surface area contributed by atoms with E-state index in [0.29, 0.717) is 17.5 Å². The van der Waals surface area contributed by atoms with Crippen molar-refractivity contribution in [1.82, 2.24) is 20.3 Å². The molecule has 0 spiro atoms. The third-order valence-corrected chi connectivity index (χ3v) is 4.31. The average molecular weight is 374 g/mol. The molecule has 2 rings (SSSR count). The third-order valence-electron chi connectivity index (χ3n) is 3.58. The fourth-order valence-electron chi connectivity index (χ4n) is 2.50. The molecule has 0 bridgehead atoms. The van der Waals surface area contributed by atoms with Gasteiger partial charge in [0.25, 0.3) is 0 Å². The lowest BCUT2D eigenvalue weighted by Crippen LogP contribution is -2.40. The summed E-state index contributed by atoms with van der Waals surface area (Å²) in [5.74, 6) is -1.32. The van der Waals surface area contributed by atoms with E-state index in [-0.39, 0.29) is 25.2 Å². The molecule has 0 fully saturated rings. The van der Waals surface area contributed by atoms with E-state index in [0.717, 1.165) is 17.9 Å².